The molecule has 0 atom stereocenters. The van der Waals surface area contributed by atoms with Gasteiger partial charge in [-0.2, -0.15) is 0 Å². The second kappa shape index (κ2) is 7.89. The second-order valence-electron chi connectivity index (χ2n) is 7.93. The molecule has 0 N–H and O–H groups in total. The summed E-state index contributed by atoms with van der Waals surface area (Å²) in [5, 5.41) is 0. The van der Waals surface area contributed by atoms with E-state index in [-0.39, 0.29) is 17.7 Å². The van der Waals surface area contributed by atoms with Crippen LogP contribution >= 0.6 is 0 Å². The van der Waals surface area contributed by atoms with Crippen molar-refractivity contribution in [1.82, 2.24) is 14.7 Å². The maximum atomic E-state index is 12.9. The van der Waals surface area contributed by atoms with Gasteiger partial charge in [0.1, 0.15) is 5.75 Å². The quantitative estimate of drug-likeness (QED) is 0.733. The number of nitrogens with zero attached hydrogens (tertiary/aromatic N) is 3. The van der Waals surface area contributed by atoms with Crippen LogP contribution in [0.5, 0.6) is 5.75 Å². The molecule has 4 rings (SSSR count). The summed E-state index contributed by atoms with van der Waals surface area (Å²) in [7, 11) is 1.69. The van der Waals surface area contributed by atoms with E-state index in [1.165, 1.54) is 0 Å². The van der Waals surface area contributed by atoms with Gasteiger partial charge in [-0.05, 0) is 31.7 Å². The number of carbonyl (C=O) groups excluding carboxylic acids is 2. The van der Waals surface area contributed by atoms with Crippen LogP contribution in [-0.2, 0) is 16.1 Å². The highest BCUT2D eigenvalue weighted by atomic mass is 16.5. The van der Waals surface area contributed by atoms with E-state index < -0.39 is 0 Å². The first kappa shape index (κ1) is 18.3. The van der Waals surface area contributed by atoms with Crippen molar-refractivity contribution in [2.24, 2.45) is 5.92 Å². The molecule has 3 aliphatic rings. The van der Waals surface area contributed by atoms with Gasteiger partial charge >= 0.3 is 0 Å². The molecule has 3 fully saturated rings. The number of methoxy groups -OCH3 is 1. The molecule has 6 nitrogen and oxygen atoms in total. The fraction of sp³-hybridized carbons (Fsp3) is 0.619. The maximum absolute atomic E-state index is 12.9. The van der Waals surface area contributed by atoms with Gasteiger partial charge in [-0.3, -0.25) is 14.5 Å². The number of hydrogen-bond donors (Lipinski definition) is 0. The van der Waals surface area contributed by atoms with Crippen molar-refractivity contribution in [2.45, 2.75) is 38.3 Å². The first-order chi connectivity index (χ1) is 13.2. The van der Waals surface area contributed by atoms with Gasteiger partial charge < -0.3 is 14.5 Å². The summed E-state index contributed by atoms with van der Waals surface area (Å²) in [5.41, 5.74) is 1.12. The van der Waals surface area contributed by atoms with E-state index in [1.54, 1.807) is 7.11 Å². The van der Waals surface area contributed by atoms with Crippen molar-refractivity contribution in [3.8, 4) is 5.75 Å². The van der Waals surface area contributed by atoms with Crippen molar-refractivity contribution in [2.75, 3.05) is 39.8 Å². The fourth-order valence-corrected chi connectivity index (χ4v) is 3.84. The van der Waals surface area contributed by atoms with E-state index in [1.807, 2.05) is 28.0 Å². The summed E-state index contributed by atoms with van der Waals surface area (Å²) in [6.07, 6.45) is 4.40. The van der Waals surface area contributed by atoms with Crippen LogP contribution in [0.2, 0.25) is 0 Å². The predicted molar refractivity (Wildman–Crippen MR) is 102 cm³/mol. The van der Waals surface area contributed by atoms with Crippen LogP contribution in [0.15, 0.2) is 24.3 Å². The van der Waals surface area contributed by atoms with Gasteiger partial charge in [0.25, 0.3) is 0 Å². The monoisotopic (exact) mass is 371 g/mol. The zero-order valence-electron chi connectivity index (χ0n) is 16.1. The first-order valence-corrected chi connectivity index (χ1v) is 10.1. The molecule has 146 valence electrons. The van der Waals surface area contributed by atoms with Crippen LogP contribution in [0.25, 0.3) is 0 Å². The molecule has 1 heterocycles. The summed E-state index contributed by atoms with van der Waals surface area (Å²) in [5.74, 6) is 1.61. The summed E-state index contributed by atoms with van der Waals surface area (Å²) in [4.78, 5) is 31.2. The summed E-state index contributed by atoms with van der Waals surface area (Å²) in [6, 6.07) is 8.52. The van der Waals surface area contributed by atoms with E-state index in [9.17, 15) is 9.59 Å². The van der Waals surface area contributed by atoms with E-state index >= 15 is 0 Å². The highest BCUT2D eigenvalue weighted by molar-refractivity contribution is 5.82. The van der Waals surface area contributed by atoms with Gasteiger partial charge in [-0.25, -0.2) is 0 Å². The van der Waals surface area contributed by atoms with Crippen LogP contribution in [-0.4, -0.2) is 72.4 Å². The Balaban J connectivity index is 1.32. The topological polar surface area (TPSA) is 53.1 Å². The van der Waals surface area contributed by atoms with Gasteiger partial charge in [0.2, 0.25) is 11.8 Å². The second-order valence-corrected chi connectivity index (χ2v) is 7.93. The Morgan fingerprint density at radius 3 is 2.33 bits per heavy atom. The van der Waals surface area contributed by atoms with E-state index in [4.69, 9.17) is 4.74 Å². The van der Waals surface area contributed by atoms with Crippen molar-refractivity contribution in [3.05, 3.63) is 29.8 Å². The zero-order chi connectivity index (χ0) is 18.8. The molecule has 1 aliphatic heterocycles. The molecule has 2 saturated carbocycles. The molecule has 0 radical (unpaired) electrons. The smallest absolute Gasteiger partial charge is 0.236 e. The predicted octanol–water partition coefficient (Wildman–Crippen LogP) is 1.74. The van der Waals surface area contributed by atoms with E-state index in [0.717, 1.165) is 43.5 Å². The van der Waals surface area contributed by atoms with Crippen molar-refractivity contribution in [3.63, 3.8) is 0 Å². The van der Waals surface area contributed by atoms with Crippen molar-refractivity contribution < 1.29 is 14.3 Å². The van der Waals surface area contributed by atoms with Crippen LogP contribution in [0, 0.1) is 5.92 Å². The number of carbonyl (C=O) groups is 2. The number of rotatable bonds is 7. The van der Waals surface area contributed by atoms with Crippen LogP contribution in [0.4, 0.5) is 0 Å². The number of hydrogen-bond acceptors (Lipinski definition) is 4. The lowest BCUT2D eigenvalue weighted by molar-refractivity contribution is -0.141. The average molecular weight is 371 g/mol. The molecular weight excluding hydrogens is 342 g/mol. The minimum atomic E-state index is 0.176. The largest absolute Gasteiger partial charge is 0.496 e. The SMILES string of the molecule is COc1ccccc1CN(CC(=O)N1CCN(C(=O)C2CC2)CC1)C1CC1. The molecule has 0 unspecified atom stereocenters. The lowest BCUT2D eigenvalue weighted by Gasteiger charge is -2.36. The lowest BCUT2D eigenvalue weighted by atomic mass is 10.2. The van der Waals surface area contributed by atoms with Gasteiger partial charge in [-0.15, -0.1) is 0 Å². The number of para-hydroxylation sites is 1. The third-order valence-corrected chi connectivity index (χ3v) is 5.84. The molecule has 0 aromatic heterocycles. The van der Waals surface area contributed by atoms with Crippen molar-refractivity contribution >= 4 is 11.8 Å². The highest BCUT2D eigenvalue weighted by Crippen LogP contribution is 2.32. The Labute approximate surface area is 161 Å². The molecule has 1 aromatic carbocycles. The molecular formula is C21H29N3O3. The van der Waals surface area contributed by atoms with Gasteiger partial charge in [-0.1, -0.05) is 18.2 Å². The Kier molecular flexibility index (Phi) is 5.34. The van der Waals surface area contributed by atoms with Crippen LogP contribution < -0.4 is 4.74 Å². The minimum absolute atomic E-state index is 0.176. The maximum Gasteiger partial charge on any atom is 0.236 e. The Bertz CT molecular complexity index is 692. The average Bonchev–Trinajstić information content (AvgIpc) is 3.59. The first-order valence-electron chi connectivity index (χ1n) is 10.1. The molecule has 27 heavy (non-hydrogen) atoms. The summed E-state index contributed by atoms with van der Waals surface area (Å²) in [6.45, 7) is 3.85. The number of ether oxygens (including phenoxy) is 1. The van der Waals surface area contributed by atoms with Crippen LogP contribution in [0.1, 0.15) is 31.2 Å². The van der Waals surface area contributed by atoms with Gasteiger partial charge in [0, 0.05) is 50.2 Å². The Morgan fingerprint density at radius 1 is 1.04 bits per heavy atom. The van der Waals surface area contributed by atoms with Crippen molar-refractivity contribution in [1.29, 1.82) is 0 Å². The van der Waals surface area contributed by atoms with Gasteiger partial charge in [0.05, 0.1) is 13.7 Å². The number of amides is 2. The Morgan fingerprint density at radius 2 is 1.70 bits per heavy atom. The fourth-order valence-electron chi connectivity index (χ4n) is 3.84. The summed E-state index contributed by atoms with van der Waals surface area (Å²) >= 11 is 0. The lowest BCUT2D eigenvalue weighted by Crippen LogP contribution is -2.53. The van der Waals surface area contributed by atoms with Crippen LogP contribution in [0.3, 0.4) is 0 Å². The van der Waals surface area contributed by atoms with E-state index in [2.05, 4.69) is 11.0 Å². The molecule has 2 amide bonds. The third kappa shape index (κ3) is 4.43. The standard InChI is InChI=1S/C21H29N3O3/c1-27-19-5-3-2-4-17(19)14-24(18-8-9-18)15-20(25)22-10-12-23(13-11-22)21(26)16-6-7-16/h2-5,16,18H,6-15H2,1H3. The Hall–Kier alpha value is -2.08. The number of piperazine rings is 1. The highest BCUT2D eigenvalue weighted by Gasteiger charge is 2.36. The third-order valence-electron chi connectivity index (χ3n) is 5.84. The molecule has 1 aromatic rings. The molecule has 6 heteroatoms. The molecule has 2 aliphatic carbocycles. The zero-order valence-corrected chi connectivity index (χ0v) is 16.1. The molecule has 0 spiro atoms. The van der Waals surface area contributed by atoms with Gasteiger partial charge in [0.15, 0.2) is 0 Å². The minimum Gasteiger partial charge on any atom is -0.496 e. The molecule has 1 saturated heterocycles. The summed E-state index contributed by atoms with van der Waals surface area (Å²) < 4.78 is 5.47. The number of benzene rings is 1. The molecule has 0 bridgehead atoms. The van der Waals surface area contributed by atoms with E-state index in [0.29, 0.717) is 38.8 Å². The normalized spacial score (nSPS) is 20.1.